The molecule has 0 aliphatic heterocycles. The normalized spacial score (nSPS) is 15.4. The van der Waals surface area contributed by atoms with E-state index in [4.69, 9.17) is 4.98 Å². The highest BCUT2D eigenvalue weighted by atomic mass is 32.2. The van der Waals surface area contributed by atoms with Crippen LogP contribution in [0.5, 0.6) is 0 Å². The summed E-state index contributed by atoms with van der Waals surface area (Å²) in [5, 5.41) is 5.97. The number of nitrogens with zero attached hydrogens (tertiary/aromatic N) is 1. The van der Waals surface area contributed by atoms with Gasteiger partial charge in [-0.15, -0.1) is 0 Å². The number of nitrogens with one attached hydrogen (secondary N) is 2. The molecule has 1 fully saturated rings. The number of aromatic nitrogens is 2. The molecule has 1 saturated carbocycles. The zero-order valence-electron chi connectivity index (χ0n) is 21.5. The molecule has 0 radical (unpaired) electrons. The number of benzene rings is 2. The van der Waals surface area contributed by atoms with Crippen molar-refractivity contribution >= 4 is 37.3 Å². The van der Waals surface area contributed by atoms with Gasteiger partial charge >= 0.3 is 0 Å². The zero-order valence-corrected chi connectivity index (χ0v) is 22.3. The molecule has 1 atom stereocenters. The van der Waals surface area contributed by atoms with Crippen LogP contribution < -0.4 is 10.9 Å². The number of aromatic amines is 1. The summed E-state index contributed by atoms with van der Waals surface area (Å²) in [6, 6.07) is 13.2. The Labute approximate surface area is 212 Å². The van der Waals surface area contributed by atoms with Crippen molar-refractivity contribution in [3.8, 4) is 11.1 Å². The number of hydrogen-bond donors (Lipinski definition) is 2. The van der Waals surface area contributed by atoms with Gasteiger partial charge in [0.1, 0.15) is 5.82 Å². The van der Waals surface area contributed by atoms with Gasteiger partial charge < -0.3 is 10.3 Å². The second kappa shape index (κ2) is 8.73. The van der Waals surface area contributed by atoms with Crippen molar-refractivity contribution in [3.63, 3.8) is 0 Å². The van der Waals surface area contributed by atoms with Crippen LogP contribution in [-0.2, 0) is 9.84 Å². The number of pyridine rings is 2. The summed E-state index contributed by atoms with van der Waals surface area (Å²) in [6.45, 7) is 10.4. The summed E-state index contributed by atoms with van der Waals surface area (Å²) in [7, 11) is -3.26. The third kappa shape index (κ3) is 4.41. The minimum absolute atomic E-state index is 0.0248. The molecule has 1 unspecified atom stereocenters. The summed E-state index contributed by atoms with van der Waals surface area (Å²) in [5.74, 6) is 1.28. The quantitative estimate of drug-likeness (QED) is 0.303. The summed E-state index contributed by atoms with van der Waals surface area (Å²) in [5.41, 5.74) is 3.54. The van der Waals surface area contributed by atoms with Crippen LogP contribution in [0.25, 0.3) is 32.8 Å². The maximum absolute atomic E-state index is 13.1. The summed E-state index contributed by atoms with van der Waals surface area (Å²) >= 11 is 0. The molecule has 4 aromatic rings. The molecule has 6 nitrogen and oxygen atoms in total. The Balaban J connectivity index is 1.73. The van der Waals surface area contributed by atoms with E-state index in [0.717, 1.165) is 51.6 Å². The lowest BCUT2D eigenvalue weighted by Gasteiger charge is -2.29. The molecular formula is C29H33N3O3S. The van der Waals surface area contributed by atoms with Gasteiger partial charge in [0.2, 0.25) is 0 Å². The van der Waals surface area contributed by atoms with E-state index in [1.165, 1.54) is 0 Å². The number of H-pyrrole nitrogens is 1. The van der Waals surface area contributed by atoms with E-state index in [1.54, 1.807) is 19.1 Å². The molecule has 2 N–H and O–H groups in total. The molecule has 1 aliphatic rings. The summed E-state index contributed by atoms with van der Waals surface area (Å²) < 4.78 is 24.5. The molecule has 0 bridgehead atoms. The predicted octanol–water partition coefficient (Wildman–Crippen LogP) is 6.26. The first kappa shape index (κ1) is 24.5. The SMILES string of the molecule is CCS(=O)(=O)c1ccc(-c2ccc3c(NC(C)C(C)(C)C)nc4c(C5CC5)c[nH]c(=O)c4c3c2)cc1. The minimum Gasteiger partial charge on any atom is -0.367 e. The standard InChI is InChI=1S/C29H33N3O3S/c1-6-36(34,35)21-12-9-18(10-13-21)20-11-14-22-23(15-20)25-26(24(19-7-8-19)16-30-28(25)33)32-27(22)31-17(2)29(3,4)5/h9-17,19H,6-8H2,1-5H3,(H,30,33)(H,31,32). The third-order valence-corrected chi connectivity index (χ3v) is 9.21. The van der Waals surface area contributed by atoms with Gasteiger partial charge in [0.05, 0.1) is 21.6 Å². The number of fused-ring (bicyclic) bond motifs is 3. The predicted molar refractivity (Wildman–Crippen MR) is 148 cm³/mol. The smallest absolute Gasteiger partial charge is 0.258 e. The van der Waals surface area contributed by atoms with Gasteiger partial charge in [-0.1, -0.05) is 52.0 Å². The number of hydrogen-bond acceptors (Lipinski definition) is 5. The van der Waals surface area contributed by atoms with Crippen LogP contribution in [0, 0.1) is 5.41 Å². The summed E-state index contributed by atoms with van der Waals surface area (Å²) in [4.78, 5) is 21.4. The van der Waals surface area contributed by atoms with Crippen molar-refractivity contribution in [2.75, 3.05) is 11.1 Å². The average molecular weight is 504 g/mol. The van der Waals surface area contributed by atoms with Gasteiger partial charge in [-0.05, 0) is 66.0 Å². The van der Waals surface area contributed by atoms with Crippen molar-refractivity contribution in [1.29, 1.82) is 0 Å². The van der Waals surface area contributed by atoms with Crippen molar-refractivity contribution in [3.05, 3.63) is 64.6 Å². The number of sulfone groups is 1. The van der Waals surface area contributed by atoms with Crippen LogP contribution >= 0.6 is 0 Å². The Hall–Kier alpha value is -3.19. The first-order valence-corrected chi connectivity index (χ1v) is 14.2. The molecule has 0 saturated heterocycles. The molecule has 2 aromatic heterocycles. The molecule has 0 spiro atoms. The fourth-order valence-electron chi connectivity index (χ4n) is 4.47. The Morgan fingerprint density at radius 1 is 1.06 bits per heavy atom. The fourth-order valence-corrected chi connectivity index (χ4v) is 5.36. The molecule has 2 heterocycles. The van der Waals surface area contributed by atoms with E-state index in [2.05, 4.69) is 38.0 Å². The van der Waals surface area contributed by atoms with Crippen LogP contribution in [-0.4, -0.2) is 30.2 Å². The highest BCUT2D eigenvalue weighted by molar-refractivity contribution is 7.91. The number of anilines is 1. The Morgan fingerprint density at radius 2 is 1.72 bits per heavy atom. The van der Waals surface area contributed by atoms with Gasteiger partial charge in [-0.3, -0.25) is 4.79 Å². The highest BCUT2D eigenvalue weighted by Gasteiger charge is 2.28. The third-order valence-electron chi connectivity index (χ3n) is 7.46. The monoisotopic (exact) mass is 503 g/mol. The maximum atomic E-state index is 13.1. The topological polar surface area (TPSA) is 91.9 Å². The van der Waals surface area contributed by atoms with Crippen LogP contribution in [0.1, 0.15) is 58.9 Å². The Bertz CT molecular complexity index is 1630. The average Bonchev–Trinajstić information content (AvgIpc) is 3.68. The van der Waals surface area contributed by atoms with Crippen LogP contribution in [0.4, 0.5) is 5.82 Å². The van der Waals surface area contributed by atoms with Crippen LogP contribution in [0.15, 0.2) is 58.4 Å². The van der Waals surface area contributed by atoms with E-state index in [9.17, 15) is 13.2 Å². The lowest BCUT2D eigenvalue weighted by molar-refractivity contribution is 0.359. The van der Waals surface area contributed by atoms with Gasteiger partial charge in [0.25, 0.3) is 5.56 Å². The van der Waals surface area contributed by atoms with Crippen molar-refractivity contribution in [2.45, 2.75) is 64.3 Å². The second-order valence-corrected chi connectivity index (χ2v) is 13.2. The van der Waals surface area contributed by atoms with Gasteiger partial charge in [0.15, 0.2) is 9.84 Å². The van der Waals surface area contributed by atoms with E-state index >= 15 is 0 Å². The largest absolute Gasteiger partial charge is 0.367 e. The van der Waals surface area contributed by atoms with Gasteiger partial charge in [-0.2, -0.15) is 0 Å². The molecule has 36 heavy (non-hydrogen) atoms. The van der Waals surface area contributed by atoms with Crippen molar-refractivity contribution < 1.29 is 8.42 Å². The summed E-state index contributed by atoms with van der Waals surface area (Å²) in [6.07, 6.45) is 4.04. The van der Waals surface area contributed by atoms with E-state index in [0.29, 0.717) is 16.2 Å². The maximum Gasteiger partial charge on any atom is 0.258 e. The lowest BCUT2D eigenvalue weighted by Crippen LogP contribution is -2.31. The van der Waals surface area contributed by atoms with Crippen molar-refractivity contribution in [1.82, 2.24) is 9.97 Å². The first-order chi connectivity index (χ1) is 17.0. The van der Waals surface area contributed by atoms with E-state index < -0.39 is 9.84 Å². The van der Waals surface area contributed by atoms with Crippen LogP contribution in [0.3, 0.4) is 0 Å². The number of rotatable bonds is 6. The molecule has 0 amide bonds. The van der Waals surface area contributed by atoms with Crippen molar-refractivity contribution in [2.24, 2.45) is 5.41 Å². The minimum atomic E-state index is -3.26. The molecular weight excluding hydrogens is 470 g/mol. The molecule has 188 valence electrons. The molecule has 7 heteroatoms. The Morgan fingerprint density at radius 3 is 2.33 bits per heavy atom. The lowest BCUT2D eigenvalue weighted by atomic mass is 9.88. The van der Waals surface area contributed by atoms with Gasteiger partial charge in [-0.25, -0.2) is 13.4 Å². The zero-order chi connectivity index (χ0) is 25.8. The molecule has 5 rings (SSSR count). The fraction of sp³-hybridized carbons (Fsp3) is 0.379. The highest BCUT2D eigenvalue weighted by Crippen LogP contribution is 2.43. The molecule has 1 aliphatic carbocycles. The Kier molecular flexibility index (Phi) is 5.94. The second-order valence-electron chi connectivity index (χ2n) is 11.0. The van der Waals surface area contributed by atoms with Crippen LogP contribution in [0.2, 0.25) is 0 Å². The first-order valence-electron chi connectivity index (χ1n) is 12.6. The van der Waals surface area contributed by atoms with E-state index in [-0.39, 0.29) is 22.8 Å². The van der Waals surface area contributed by atoms with Gasteiger partial charge in [0, 0.05) is 23.0 Å². The molecule has 2 aromatic carbocycles. The van der Waals surface area contributed by atoms with E-state index in [1.807, 2.05) is 36.5 Å².